The summed E-state index contributed by atoms with van der Waals surface area (Å²) in [6.07, 6.45) is 3.83. The summed E-state index contributed by atoms with van der Waals surface area (Å²) in [5.41, 5.74) is 6.76. The monoisotopic (exact) mass is 422 g/mol. The molecule has 2 rings (SSSR count). The minimum absolute atomic E-state index is 0.0542. The lowest BCUT2D eigenvalue weighted by atomic mass is 9.85. The van der Waals surface area contributed by atoms with Gasteiger partial charge in [-0.3, -0.25) is 4.79 Å². The molecule has 98 valence electrons. The van der Waals surface area contributed by atoms with E-state index in [-0.39, 0.29) is 17.9 Å². The molecule has 5 heteroatoms. The van der Waals surface area contributed by atoms with E-state index in [9.17, 15) is 4.79 Å². The van der Waals surface area contributed by atoms with Crippen molar-refractivity contribution in [2.45, 2.75) is 31.7 Å². The van der Waals surface area contributed by atoms with Crippen molar-refractivity contribution in [3.8, 4) is 0 Å². The van der Waals surface area contributed by atoms with E-state index < -0.39 is 0 Å². The molecule has 0 aromatic heterocycles. The Hall–Kier alpha value is -0.140. The summed E-state index contributed by atoms with van der Waals surface area (Å²) in [6, 6.07) is 6.08. The van der Waals surface area contributed by atoms with Crippen LogP contribution in [0, 0.1) is 9.49 Å². The van der Waals surface area contributed by atoms with E-state index >= 15 is 0 Å². The highest BCUT2D eigenvalue weighted by Gasteiger charge is 2.25. The molecule has 0 heterocycles. The molecule has 0 saturated heterocycles. The zero-order chi connectivity index (χ0) is 13.1. The minimum Gasteiger partial charge on any atom is -0.328 e. The molecule has 0 spiro atoms. The molecule has 0 bridgehead atoms. The van der Waals surface area contributed by atoms with Crippen LogP contribution in [0.4, 0.5) is 5.69 Å². The Kier molecular flexibility index (Phi) is 5.03. The molecule has 1 aromatic carbocycles. The van der Waals surface area contributed by atoms with Crippen LogP contribution < -0.4 is 11.1 Å². The van der Waals surface area contributed by atoms with Crippen LogP contribution >= 0.6 is 38.5 Å². The quantitative estimate of drug-likeness (QED) is 0.716. The summed E-state index contributed by atoms with van der Waals surface area (Å²) in [5, 5.41) is 3.00. The fourth-order valence-corrected chi connectivity index (χ4v) is 3.13. The average molecular weight is 423 g/mol. The Labute approximate surface area is 129 Å². The number of carbonyl (C=O) groups excluding carboxylic acids is 1. The number of halogens is 2. The number of hydrogen-bond donors (Lipinski definition) is 2. The molecular formula is C13H16BrIN2O. The zero-order valence-electron chi connectivity index (χ0n) is 9.96. The van der Waals surface area contributed by atoms with Crippen molar-refractivity contribution in [3.63, 3.8) is 0 Å². The molecule has 0 radical (unpaired) electrons. The van der Waals surface area contributed by atoms with Gasteiger partial charge in [0.2, 0.25) is 5.91 Å². The third-order valence-corrected chi connectivity index (χ3v) is 4.63. The fraction of sp³-hybridized carbons (Fsp3) is 0.462. The Bertz CT molecular complexity index is 453. The summed E-state index contributed by atoms with van der Waals surface area (Å²) >= 11 is 5.69. The molecule has 1 fully saturated rings. The zero-order valence-corrected chi connectivity index (χ0v) is 13.7. The van der Waals surface area contributed by atoms with Crippen molar-refractivity contribution in [2.75, 3.05) is 5.32 Å². The standard InChI is InChI=1S/C13H16BrIN2O/c14-11-5-4-9(15)7-12(11)17-13(18)8-2-1-3-10(16)6-8/h4-5,7-8,10H,1-3,6,16H2,(H,17,18). The number of hydrogen-bond acceptors (Lipinski definition) is 2. The lowest BCUT2D eigenvalue weighted by Crippen LogP contribution is -2.34. The van der Waals surface area contributed by atoms with Crippen LogP contribution in [0.15, 0.2) is 22.7 Å². The smallest absolute Gasteiger partial charge is 0.227 e. The molecule has 1 amide bonds. The molecule has 1 aliphatic carbocycles. The van der Waals surface area contributed by atoms with Gasteiger partial charge in [-0.2, -0.15) is 0 Å². The second-order valence-electron chi connectivity index (χ2n) is 4.74. The maximum absolute atomic E-state index is 12.2. The van der Waals surface area contributed by atoms with Crippen LogP contribution in [-0.2, 0) is 4.79 Å². The number of nitrogens with one attached hydrogen (secondary N) is 1. The molecular weight excluding hydrogens is 407 g/mol. The maximum atomic E-state index is 12.2. The molecule has 1 aliphatic rings. The van der Waals surface area contributed by atoms with E-state index in [4.69, 9.17) is 5.73 Å². The van der Waals surface area contributed by atoms with Crippen molar-refractivity contribution in [1.82, 2.24) is 0 Å². The van der Waals surface area contributed by atoms with Gasteiger partial charge in [0.05, 0.1) is 5.69 Å². The van der Waals surface area contributed by atoms with E-state index in [0.29, 0.717) is 0 Å². The highest BCUT2D eigenvalue weighted by atomic mass is 127. The van der Waals surface area contributed by atoms with Crippen molar-refractivity contribution < 1.29 is 4.79 Å². The maximum Gasteiger partial charge on any atom is 0.227 e. The predicted octanol–water partition coefficient (Wildman–Crippen LogP) is 3.51. The molecule has 3 nitrogen and oxygen atoms in total. The van der Waals surface area contributed by atoms with Gasteiger partial charge >= 0.3 is 0 Å². The largest absolute Gasteiger partial charge is 0.328 e. The highest BCUT2D eigenvalue weighted by Crippen LogP contribution is 2.28. The second-order valence-corrected chi connectivity index (χ2v) is 6.84. The Morgan fingerprint density at radius 3 is 2.94 bits per heavy atom. The van der Waals surface area contributed by atoms with Gasteiger partial charge in [-0.25, -0.2) is 0 Å². The van der Waals surface area contributed by atoms with Crippen LogP contribution in [0.25, 0.3) is 0 Å². The summed E-state index contributed by atoms with van der Waals surface area (Å²) in [6.45, 7) is 0. The van der Waals surface area contributed by atoms with E-state index in [1.54, 1.807) is 0 Å². The van der Waals surface area contributed by atoms with Gasteiger partial charge in [-0.05, 0) is 76.0 Å². The van der Waals surface area contributed by atoms with Gasteiger partial charge in [0.25, 0.3) is 0 Å². The first-order valence-electron chi connectivity index (χ1n) is 6.08. The van der Waals surface area contributed by atoms with Crippen molar-refractivity contribution in [1.29, 1.82) is 0 Å². The Morgan fingerprint density at radius 1 is 1.44 bits per heavy atom. The normalized spacial score (nSPS) is 23.7. The topological polar surface area (TPSA) is 55.1 Å². The number of rotatable bonds is 2. The van der Waals surface area contributed by atoms with Gasteiger partial charge in [0.1, 0.15) is 0 Å². The highest BCUT2D eigenvalue weighted by molar-refractivity contribution is 14.1. The first-order valence-corrected chi connectivity index (χ1v) is 7.95. The predicted molar refractivity (Wildman–Crippen MR) is 85.4 cm³/mol. The van der Waals surface area contributed by atoms with Crippen LogP contribution in [0.5, 0.6) is 0 Å². The van der Waals surface area contributed by atoms with Crippen molar-refractivity contribution >= 4 is 50.1 Å². The van der Waals surface area contributed by atoms with Crippen LogP contribution in [0.2, 0.25) is 0 Å². The third-order valence-electron chi connectivity index (χ3n) is 3.27. The Morgan fingerprint density at radius 2 is 2.22 bits per heavy atom. The second kappa shape index (κ2) is 6.34. The van der Waals surface area contributed by atoms with Crippen molar-refractivity contribution in [3.05, 3.63) is 26.2 Å². The molecule has 18 heavy (non-hydrogen) atoms. The minimum atomic E-state index is 0.0542. The molecule has 2 unspecified atom stereocenters. The molecule has 2 atom stereocenters. The summed E-state index contributed by atoms with van der Waals surface area (Å²) in [7, 11) is 0. The van der Waals surface area contributed by atoms with Crippen LogP contribution in [0.1, 0.15) is 25.7 Å². The number of carbonyl (C=O) groups is 1. The summed E-state index contributed by atoms with van der Waals surface area (Å²) in [5.74, 6) is 0.145. The van der Waals surface area contributed by atoms with E-state index in [1.807, 2.05) is 18.2 Å². The number of nitrogens with two attached hydrogens (primary N) is 1. The fourth-order valence-electron chi connectivity index (χ4n) is 2.29. The first kappa shape index (κ1) is 14.3. The van der Waals surface area contributed by atoms with Gasteiger partial charge in [-0.15, -0.1) is 0 Å². The van der Waals surface area contributed by atoms with E-state index in [2.05, 4.69) is 43.8 Å². The van der Waals surface area contributed by atoms with Gasteiger partial charge < -0.3 is 11.1 Å². The third kappa shape index (κ3) is 3.68. The van der Waals surface area contributed by atoms with Crippen molar-refractivity contribution in [2.24, 2.45) is 11.7 Å². The summed E-state index contributed by atoms with van der Waals surface area (Å²) in [4.78, 5) is 12.2. The number of amides is 1. The number of anilines is 1. The van der Waals surface area contributed by atoms with E-state index in [0.717, 1.165) is 39.4 Å². The lowest BCUT2D eigenvalue weighted by Gasteiger charge is -2.25. The molecule has 3 N–H and O–H groups in total. The molecule has 0 aliphatic heterocycles. The number of benzene rings is 1. The van der Waals surface area contributed by atoms with Gasteiger partial charge in [0, 0.05) is 20.0 Å². The van der Waals surface area contributed by atoms with Gasteiger partial charge in [-0.1, -0.05) is 6.42 Å². The summed E-state index contributed by atoms with van der Waals surface area (Å²) < 4.78 is 2.02. The Balaban J connectivity index is 2.04. The van der Waals surface area contributed by atoms with Gasteiger partial charge in [0.15, 0.2) is 0 Å². The first-order chi connectivity index (χ1) is 8.56. The SMILES string of the molecule is NC1CCCC(C(=O)Nc2cc(I)ccc2Br)C1. The lowest BCUT2D eigenvalue weighted by molar-refractivity contribution is -0.120. The van der Waals surface area contributed by atoms with Crippen LogP contribution in [-0.4, -0.2) is 11.9 Å². The van der Waals surface area contributed by atoms with E-state index in [1.165, 1.54) is 0 Å². The average Bonchev–Trinajstić information content (AvgIpc) is 2.34. The van der Waals surface area contributed by atoms with Crippen LogP contribution in [0.3, 0.4) is 0 Å². The molecule has 1 aromatic rings. The molecule has 1 saturated carbocycles.